The van der Waals surface area contributed by atoms with Gasteiger partial charge < -0.3 is 10.2 Å². The molecule has 1 saturated heterocycles. The molecule has 0 bridgehead atoms. The highest BCUT2D eigenvalue weighted by Crippen LogP contribution is 2.21. The van der Waals surface area contributed by atoms with Crippen molar-refractivity contribution in [2.75, 3.05) is 26.7 Å². The fourth-order valence-corrected chi connectivity index (χ4v) is 2.52. The van der Waals surface area contributed by atoms with Crippen LogP contribution in [0.2, 0.25) is 0 Å². The largest absolute Gasteiger partial charge is 0.337 e. The van der Waals surface area contributed by atoms with Gasteiger partial charge in [-0.25, -0.2) is 4.98 Å². The van der Waals surface area contributed by atoms with Crippen LogP contribution >= 0.6 is 0 Å². The minimum atomic E-state index is -0.0263. The minimum Gasteiger partial charge on any atom is -0.337 e. The van der Waals surface area contributed by atoms with Crippen LogP contribution in [-0.2, 0) is 0 Å². The molecule has 1 aliphatic heterocycles. The highest BCUT2D eigenvalue weighted by molar-refractivity contribution is 5.92. The molecule has 1 aromatic heterocycles. The second-order valence-electron chi connectivity index (χ2n) is 5.17. The molecule has 0 radical (unpaired) electrons. The summed E-state index contributed by atoms with van der Waals surface area (Å²) in [6.07, 6.45) is 4.74. The number of likely N-dealkylation sites (tertiary alicyclic amines) is 1. The zero-order valence-electron chi connectivity index (χ0n) is 11.8. The third-order valence-corrected chi connectivity index (χ3v) is 3.82. The highest BCUT2D eigenvalue weighted by atomic mass is 16.2. The molecule has 0 saturated carbocycles. The van der Waals surface area contributed by atoms with Crippen molar-refractivity contribution in [3.05, 3.63) is 29.6 Å². The lowest BCUT2D eigenvalue weighted by molar-refractivity contribution is 0.0681. The number of nitrogens with zero attached hydrogens (tertiary/aromatic N) is 3. The number of rotatable bonds is 4. The Labute approximate surface area is 119 Å². The van der Waals surface area contributed by atoms with E-state index in [9.17, 15) is 4.79 Å². The predicted octanol–water partition coefficient (Wildman–Crippen LogP) is 1.41. The maximum absolute atomic E-state index is 12.3. The summed E-state index contributed by atoms with van der Waals surface area (Å²) in [5, 5.41) is 11.9. The van der Waals surface area contributed by atoms with E-state index in [0.29, 0.717) is 17.2 Å². The number of pyridine rings is 1. The van der Waals surface area contributed by atoms with Crippen LogP contribution in [0.3, 0.4) is 0 Å². The van der Waals surface area contributed by atoms with E-state index in [4.69, 9.17) is 5.26 Å². The standard InChI is InChI=1S/C15H20N4O/c1-17-7-4-12-5-8-19(9-6-12)15(20)14-3-2-13(10-16)11-18-14/h2-3,11-12,17H,4-9H2,1H3. The lowest BCUT2D eigenvalue weighted by atomic mass is 9.93. The number of nitriles is 1. The van der Waals surface area contributed by atoms with Gasteiger partial charge >= 0.3 is 0 Å². The number of nitrogens with one attached hydrogen (secondary N) is 1. The van der Waals surface area contributed by atoms with Crippen LogP contribution in [0, 0.1) is 17.2 Å². The van der Waals surface area contributed by atoms with Gasteiger partial charge in [0.2, 0.25) is 0 Å². The lowest BCUT2D eigenvalue weighted by Gasteiger charge is -2.31. The molecule has 106 valence electrons. The van der Waals surface area contributed by atoms with E-state index in [1.54, 1.807) is 12.1 Å². The molecule has 2 heterocycles. The number of carbonyl (C=O) groups excluding carboxylic acids is 1. The van der Waals surface area contributed by atoms with E-state index in [2.05, 4.69) is 10.3 Å². The Hall–Kier alpha value is -1.93. The van der Waals surface area contributed by atoms with Gasteiger partial charge in [-0.1, -0.05) is 0 Å². The van der Waals surface area contributed by atoms with Crippen molar-refractivity contribution in [3.8, 4) is 6.07 Å². The van der Waals surface area contributed by atoms with Gasteiger partial charge in [0.25, 0.3) is 5.91 Å². The zero-order chi connectivity index (χ0) is 14.4. The van der Waals surface area contributed by atoms with E-state index in [0.717, 1.165) is 32.5 Å². The number of hydrogen-bond donors (Lipinski definition) is 1. The minimum absolute atomic E-state index is 0.0263. The Morgan fingerprint density at radius 1 is 1.50 bits per heavy atom. The SMILES string of the molecule is CNCCC1CCN(C(=O)c2ccc(C#N)cn2)CC1. The van der Waals surface area contributed by atoms with Gasteiger partial charge in [0.1, 0.15) is 11.8 Å². The Kier molecular flexibility index (Phi) is 5.08. The molecular weight excluding hydrogens is 252 g/mol. The Morgan fingerprint density at radius 3 is 2.80 bits per heavy atom. The summed E-state index contributed by atoms with van der Waals surface area (Å²) in [7, 11) is 1.97. The summed E-state index contributed by atoms with van der Waals surface area (Å²) in [5.41, 5.74) is 0.907. The number of aromatic nitrogens is 1. The van der Waals surface area contributed by atoms with Crippen molar-refractivity contribution in [1.29, 1.82) is 5.26 Å². The fraction of sp³-hybridized carbons (Fsp3) is 0.533. The second kappa shape index (κ2) is 7.01. The smallest absolute Gasteiger partial charge is 0.272 e. The first-order chi connectivity index (χ1) is 9.74. The number of amides is 1. The molecule has 1 aliphatic rings. The molecule has 5 heteroatoms. The average molecular weight is 272 g/mol. The highest BCUT2D eigenvalue weighted by Gasteiger charge is 2.23. The fourth-order valence-electron chi connectivity index (χ4n) is 2.52. The van der Waals surface area contributed by atoms with Crippen molar-refractivity contribution in [2.45, 2.75) is 19.3 Å². The summed E-state index contributed by atoms with van der Waals surface area (Å²) in [4.78, 5) is 18.2. The average Bonchev–Trinajstić information content (AvgIpc) is 2.53. The molecule has 1 amide bonds. The van der Waals surface area contributed by atoms with Crippen LogP contribution < -0.4 is 5.32 Å². The molecule has 0 aromatic carbocycles. The maximum atomic E-state index is 12.3. The molecule has 2 rings (SSSR count). The van der Waals surface area contributed by atoms with Crippen molar-refractivity contribution < 1.29 is 4.79 Å². The number of piperidine rings is 1. The Morgan fingerprint density at radius 2 is 2.25 bits per heavy atom. The van der Waals surface area contributed by atoms with Crippen LogP contribution in [0.15, 0.2) is 18.3 Å². The quantitative estimate of drug-likeness (QED) is 0.900. The van der Waals surface area contributed by atoms with Gasteiger partial charge in [-0.05, 0) is 50.9 Å². The maximum Gasteiger partial charge on any atom is 0.272 e. The topological polar surface area (TPSA) is 69.0 Å². The molecule has 0 unspecified atom stereocenters. The van der Waals surface area contributed by atoms with Gasteiger partial charge in [0, 0.05) is 19.3 Å². The summed E-state index contributed by atoms with van der Waals surface area (Å²) >= 11 is 0. The van der Waals surface area contributed by atoms with Gasteiger partial charge in [-0.15, -0.1) is 0 Å². The van der Waals surface area contributed by atoms with Gasteiger partial charge in [0.05, 0.1) is 5.56 Å². The number of hydrogen-bond acceptors (Lipinski definition) is 4. The van der Waals surface area contributed by atoms with Crippen molar-refractivity contribution >= 4 is 5.91 Å². The van der Waals surface area contributed by atoms with Crippen molar-refractivity contribution in [3.63, 3.8) is 0 Å². The normalized spacial score (nSPS) is 15.9. The lowest BCUT2D eigenvalue weighted by Crippen LogP contribution is -2.39. The first-order valence-corrected chi connectivity index (χ1v) is 7.04. The van der Waals surface area contributed by atoms with Gasteiger partial charge in [-0.2, -0.15) is 5.26 Å². The van der Waals surface area contributed by atoms with Gasteiger partial charge in [-0.3, -0.25) is 4.79 Å². The van der Waals surface area contributed by atoms with Crippen LogP contribution in [0.4, 0.5) is 0 Å². The third kappa shape index (κ3) is 3.55. The molecule has 1 aromatic rings. The third-order valence-electron chi connectivity index (χ3n) is 3.82. The Balaban J connectivity index is 1.89. The van der Waals surface area contributed by atoms with Crippen molar-refractivity contribution in [1.82, 2.24) is 15.2 Å². The van der Waals surface area contributed by atoms with E-state index in [1.165, 1.54) is 12.6 Å². The van der Waals surface area contributed by atoms with Crippen LogP contribution in [0.25, 0.3) is 0 Å². The number of carbonyl (C=O) groups is 1. The van der Waals surface area contributed by atoms with Crippen LogP contribution in [0.5, 0.6) is 0 Å². The monoisotopic (exact) mass is 272 g/mol. The van der Waals surface area contributed by atoms with E-state index >= 15 is 0 Å². The molecular formula is C15H20N4O. The predicted molar refractivity (Wildman–Crippen MR) is 76.1 cm³/mol. The first kappa shape index (κ1) is 14.5. The van der Waals surface area contributed by atoms with Crippen LogP contribution in [-0.4, -0.2) is 42.5 Å². The van der Waals surface area contributed by atoms with Gasteiger partial charge in [0.15, 0.2) is 0 Å². The van der Waals surface area contributed by atoms with Crippen LogP contribution in [0.1, 0.15) is 35.3 Å². The first-order valence-electron chi connectivity index (χ1n) is 7.04. The molecule has 1 N–H and O–H groups in total. The van der Waals surface area contributed by atoms with E-state index in [1.807, 2.05) is 18.0 Å². The Bertz CT molecular complexity index is 484. The van der Waals surface area contributed by atoms with Crippen molar-refractivity contribution in [2.24, 2.45) is 5.92 Å². The molecule has 0 spiro atoms. The van der Waals surface area contributed by atoms with E-state index < -0.39 is 0 Å². The molecule has 1 fully saturated rings. The molecule has 0 atom stereocenters. The molecule has 20 heavy (non-hydrogen) atoms. The second-order valence-corrected chi connectivity index (χ2v) is 5.17. The summed E-state index contributed by atoms with van der Waals surface area (Å²) in [6.45, 7) is 2.64. The summed E-state index contributed by atoms with van der Waals surface area (Å²) in [6, 6.07) is 5.28. The summed E-state index contributed by atoms with van der Waals surface area (Å²) < 4.78 is 0. The molecule has 0 aliphatic carbocycles. The summed E-state index contributed by atoms with van der Waals surface area (Å²) in [5.74, 6) is 0.682. The van der Waals surface area contributed by atoms with E-state index in [-0.39, 0.29) is 5.91 Å². The zero-order valence-corrected chi connectivity index (χ0v) is 11.8. The molecule has 5 nitrogen and oxygen atoms in total.